The number of hydrogen-bond donors (Lipinski definition) is 0. The quantitative estimate of drug-likeness (QED) is 0.789. The number of hydrogen-bond acceptors (Lipinski definition) is 2. The van der Waals surface area contributed by atoms with Crippen LogP contribution in [0.1, 0.15) is 23.4 Å². The van der Waals surface area contributed by atoms with Crippen molar-refractivity contribution in [3.63, 3.8) is 0 Å². The summed E-state index contributed by atoms with van der Waals surface area (Å²) in [6.45, 7) is 0.268. The second-order valence-corrected chi connectivity index (χ2v) is 3.77. The molecule has 0 N–H and O–H groups in total. The number of benzene rings is 1. The molecule has 0 aliphatic rings. The van der Waals surface area contributed by atoms with E-state index in [4.69, 9.17) is 11.6 Å². The number of rotatable bonds is 4. The minimum atomic E-state index is -2.62. The highest BCUT2D eigenvalue weighted by atomic mass is 35.5. The zero-order valence-electron chi connectivity index (χ0n) is 8.85. The van der Waals surface area contributed by atoms with Gasteiger partial charge in [0.2, 0.25) is 0 Å². The highest BCUT2D eigenvalue weighted by Crippen LogP contribution is 2.23. The van der Waals surface area contributed by atoms with Crippen LogP contribution >= 0.6 is 11.6 Å². The van der Waals surface area contributed by atoms with Crippen LogP contribution in [0.4, 0.5) is 8.78 Å². The average Bonchev–Trinajstić information content (AvgIpc) is 2.73. The molecule has 1 aromatic carbocycles. The first kappa shape index (κ1) is 12.0. The van der Waals surface area contributed by atoms with Gasteiger partial charge in [-0.05, 0) is 5.56 Å². The van der Waals surface area contributed by atoms with E-state index >= 15 is 0 Å². The number of halogens is 3. The zero-order valence-corrected chi connectivity index (χ0v) is 9.61. The monoisotopic (exact) mass is 257 g/mol. The van der Waals surface area contributed by atoms with E-state index in [0.717, 1.165) is 5.56 Å². The van der Waals surface area contributed by atoms with Gasteiger partial charge in [-0.1, -0.05) is 35.5 Å². The van der Waals surface area contributed by atoms with Crippen LogP contribution in [0.25, 0.3) is 0 Å². The van der Waals surface area contributed by atoms with Crippen molar-refractivity contribution in [1.82, 2.24) is 15.0 Å². The molecule has 0 aliphatic carbocycles. The fourth-order valence-corrected chi connectivity index (χ4v) is 1.75. The van der Waals surface area contributed by atoms with Crippen LogP contribution in [0.2, 0.25) is 0 Å². The summed E-state index contributed by atoms with van der Waals surface area (Å²) < 4.78 is 26.9. The normalized spacial score (nSPS) is 11.1. The van der Waals surface area contributed by atoms with E-state index in [0.29, 0.717) is 0 Å². The fourth-order valence-electron chi connectivity index (χ4n) is 1.56. The van der Waals surface area contributed by atoms with E-state index in [1.165, 1.54) is 4.68 Å². The van der Waals surface area contributed by atoms with Crippen LogP contribution in [0.5, 0.6) is 0 Å². The van der Waals surface area contributed by atoms with E-state index in [-0.39, 0.29) is 23.8 Å². The van der Waals surface area contributed by atoms with Gasteiger partial charge in [0, 0.05) is 0 Å². The predicted molar refractivity (Wildman–Crippen MR) is 60.1 cm³/mol. The fraction of sp³-hybridized carbons (Fsp3) is 0.273. The molecule has 3 nitrogen and oxygen atoms in total. The van der Waals surface area contributed by atoms with Crippen molar-refractivity contribution in [2.45, 2.75) is 18.9 Å². The van der Waals surface area contributed by atoms with Crippen LogP contribution in [0.15, 0.2) is 30.3 Å². The largest absolute Gasteiger partial charge is 0.281 e. The number of nitrogens with zero attached hydrogens (tertiary/aromatic N) is 3. The lowest BCUT2D eigenvalue weighted by molar-refractivity contribution is 0.139. The lowest BCUT2D eigenvalue weighted by atomic mass is 10.2. The molecular weight excluding hydrogens is 248 g/mol. The summed E-state index contributed by atoms with van der Waals surface area (Å²) >= 11 is 5.54. The molecule has 0 radical (unpaired) electrons. The van der Waals surface area contributed by atoms with Gasteiger partial charge in [-0.15, -0.1) is 16.7 Å². The topological polar surface area (TPSA) is 30.7 Å². The highest BCUT2D eigenvalue weighted by molar-refractivity contribution is 6.16. The van der Waals surface area contributed by atoms with E-state index in [1.807, 2.05) is 30.3 Å². The molecule has 0 atom stereocenters. The van der Waals surface area contributed by atoms with Crippen LogP contribution in [0.3, 0.4) is 0 Å². The molecule has 0 saturated carbocycles. The molecule has 0 saturated heterocycles. The average molecular weight is 258 g/mol. The highest BCUT2D eigenvalue weighted by Gasteiger charge is 2.20. The first-order valence-electron chi connectivity index (χ1n) is 5.02. The van der Waals surface area contributed by atoms with Crippen molar-refractivity contribution in [2.24, 2.45) is 0 Å². The Balaban J connectivity index is 2.30. The van der Waals surface area contributed by atoms with Gasteiger partial charge in [-0.2, -0.15) is 0 Å². The van der Waals surface area contributed by atoms with Crippen molar-refractivity contribution >= 4 is 11.6 Å². The lowest BCUT2D eigenvalue weighted by Crippen LogP contribution is -2.07. The zero-order chi connectivity index (χ0) is 12.3. The Morgan fingerprint density at radius 1 is 1.24 bits per heavy atom. The van der Waals surface area contributed by atoms with Gasteiger partial charge in [0.25, 0.3) is 6.43 Å². The molecule has 2 rings (SSSR count). The van der Waals surface area contributed by atoms with Crippen molar-refractivity contribution in [3.05, 3.63) is 47.3 Å². The Hall–Kier alpha value is -1.49. The summed E-state index contributed by atoms with van der Waals surface area (Å²) in [5, 5.41) is 7.36. The van der Waals surface area contributed by atoms with E-state index in [1.54, 1.807) is 0 Å². The van der Waals surface area contributed by atoms with E-state index in [9.17, 15) is 8.78 Å². The van der Waals surface area contributed by atoms with Gasteiger partial charge in [0.15, 0.2) is 0 Å². The minimum absolute atomic E-state index is 0.0610. The van der Waals surface area contributed by atoms with Gasteiger partial charge in [0.1, 0.15) is 11.4 Å². The molecule has 0 bridgehead atoms. The Labute approximate surface area is 102 Å². The first-order valence-corrected chi connectivity index (χ1v) is 5.56. The van der Waals surface area contributed by atoms with Crippen molar-refractivity contribution in [3.8, 4) is 0 Å². The molecule has 6 heteroatoms. The molecule has 2 aromatic rings. The third-order valence-corrected chi connectivity index (χ3v) is 2.61. The Bertz CT molecular complexity index is 485. The first-order chi connectivity index (χ1) is 8.22. The third kappa shape index (κ3) is 2.61. The van der Waals surface area contributed by atoms with Gasteiger partial charge in [0.05, 0.1) is 12.4 Å². The second-order valence-electron chi connectivity index (χ2n) is 3.50. The van der Waals surface area contributed by atoms with Crippen LogP contribution in [0, 0.1) is 0 Å². The van der Waals surface area contributed by atoms with Gasteiger partial charge >= 0.3 is 0 Å². The predicted octanol–water partition coefficient (Wildman–Crippen LogP) is 3.00. The van der Waals surface area contributed by atoms with Crippen LogP contribution in [-0.4, -0.2) is 15.0 Å². The summed E-state index contributed by atoms with van der Waals surface area (Å²) in [5.74, 6) is -0.0610. The maximum Gasteiger partial charge on any atom is 0.281 e. The molecule has 1 aromatic heterocycles. The van der Waals surface area contributed by atoms with E-state index in [2.05, 4.69) is 10.3 Å². The Kier molecular flexibility index (Phi) is 3.68. The third-order valence-electron chi connectivity index (χ3n) is 2.36. The van der Waals surface area contributed by atoms with Gasteiger partial charge in [-0.25, -0.2) is 13.5 Å². The number of alkyl halides is 3. The van der Waals surface area contributed by atoms with Gasteiger partial charge < -0.3 is 0 Å². The summed E-state index contributed by atoms with van der Waals surface area (Å²) in [6, 6.07) is 9.24. The molecule has 90 valence electrons. The Morgan fingerprint density at radius 2 is 1.94 bits per heavy atom. The summed E-state index contributed by atoms with van der Waals surface area (Å²) in [5.41, 5.74) is 0.821. The molecule has 1 heterocycles. The van der Waals surface area contributed by atoms with Gasteiger partial charge in [-0.3, -0.25) is 0 Å². The van der Waals surface area contributed by atoms with Crippen molar-refractivity contribution < 1.29 is 8.78 Å². The lowest BCUT2D eigenvalue weighted by Gasteiger charge is -2.06. The smallest absolute Gasteiger partial charge is 0.239 e. The summed E-state index contributed by atoms with van der Waals surface area (Å²) in [7, 11) is 0. The molecule has 0 aliphatic heterocycles. The minimum Gasteiger partial charge on any atom is -0.239 e. The molecular formula is C11H10ClF2N3. The molecule has 0 spiro atoms. The van der Waals surface area contributed by atoms with Crippen molar-refractivity contribution in [1.29, 1.82) is 0 Å². The number of aromatic nitrogens is 3. The van der Waals surface area contributed by atoms with Crippen LogP contribution in [-0.2, 0) is 12.4 Å². The maximum absolute atomic E-state index is 12.9. The molecule has 0 fully saturated rings. The molecule has 0 unspecified atom stereocenters. The second kappa shape index (κ2) is 5.23. The van der Waals surface area contributed by atoms with E-state index < -0.39 is 6.43 Å². The Morgan fingerprint density at radius 3 is 2.53 bits per heavy atom. The maximum atomic E-state index is 12.9. The van der Waals surface area contributed by atoms with Crippen molar-refractivity contribution in [2.75, 3.05) is 0 Å². The summed E-state index contributed by atoms with van der Waals surface area (Å²) in [6.07, 6.45) is -2.62. The SMILES string of the molecule is FC(F)c1c(CCl)nnn1Cc1ccccc1. The standard InChI is InChI=1S/C11H10ClF2N3/c12-6-9-10(11(13)14)17(16-15-9)7-8-4-2-1-3-5-8/h1-5,11H,6-7H2. The summed E-state index contributed by atoms with van der Waals surface area (Å²) in [4.78, 5) is 0. The molecule has 17 heavy (non-hydrogen) atoms. The van der Waals surface area contributed by atoms with Crippen LogP contribution < -0.4 is 0 Å². The molecule has 0 amide bonds.